The minimum absolute atomic E-state index is 0.00540. The zero-order chi connectivity index (χ0) is 38.8. The van der Waals surface area contributed by atoms with Crippen molar-refractivity contribution in [1.29, 1.82) is 5.26 Å². The number of nitrogens with one attached hydrogen (secondary N) is 1. The van der Waals surface area contributed by atoms with Crippen LogP contribution in [-0.2, 0) is 23.4 Å². The molecule has 0 radical (unpaired) electrons. The molecule has 0 bridgehead atoms. The molecule has 1 atom stereocenters. The highest BCUT2D eigenvalue weighted by molar-refractivity contribution is 6.30. The van der Waals surface area contributed by atoms with Crippen LogP contribution in [0.5, 0.6) is 0 Å². The van der Waals surface area contributed by atoms with Crippen molar-refractivity contribution >= 4 is 23.2 Å². The van der Waals surface area contributed by atoms with Gasteiger partial charge in [-0.3, -0.25) is 9.59 Å². The number of Topliss-reactive ketones (excluding diaryl/α,β-unsaturated/α-hetero) is 2. The summed E-state index contributed by atoms with van der Waals surface area (Å²) in [6.45, 7) is 15.6. The molecule has 0 amide bonds. The molecule has 276 valence electrons. The third-order valence-corrected chi connectivity index (χ3v) is 8.38. The number of imidazole rings is 3. The molecule has 1 N–H and O–H groups in total. The van der Waals surface area contributed by atoms with Gasteiger partial charge in [-0.1, -0.05) is 71.3 Å². The molecule has 7 rings (SSSR count). The predicted molar refractivity (Wildman–Crippen MR) is 209 cm³/mol. The number of epoxide rings is 1. The molecule has 0 aliphatic carbocycles. The number of benzene rings is 3. The van der Waals surface area contributed by atoms with Crippen molar-refractivity contribution in [2.75, 3.05) is 12.5 Å². The van der Waals surface area contributed by atoms with E-state index < -0.39 is 0 Å². The topological polar surface area (TPSA) is 135 Å². The van der Waals surface area contributed by atoms with Crippen LogP contribution >= 0.6 is 11.6 Å². The number of carbonyl (C=O) groups is 2. The van der Waals surface area contributed by atoms with E-state index in [0.29, 0.717) is 6.54 Å². The molecule has 1 aliphatic rings. The summed E-state index contributed by atoms with van der Waals surface area (Å²) in [6.07, 6.45) is 15.8. The average molecular weight is 734 g/mol. The van der Waals surface area contributed by atoms with E-state index >= 15 is 0 Å². The second kappa shape index (κ2) is 21.0. The van der Waals surface area contributed by atoms with Crippen LogP contribution in [0.1, 0.15) is 66.6 Å². The first kappa shape index (κ1) is 41.8. The van der Waals surface area contributed by atoms with Gasteiger partial charge in [0.05, 0.1) is 50.6 Å². The monoisotopic (exact) mass is 733 g/mol. The fraction of sp³-hybridized carbons (Fsp3) is 0.286. The smallest absolute Gasteiger partial charge is 0.182 e. The molecule has 0 spiro atoms. The van der Waals surface area contributed by atoms with Crippen LogP contribution in [0.15, 0.2) is 111 Å². The van der Waals surface area contributed by atoms with Gasteiger partial charge in [-0.2, -0.15) is 5.26 Å². The summed E-state index contributed by atoms with van der Waals surface area (Å²) >= 11 is 5.45. The molecule has 3 aromatic heterocycles. The molecular weight excluding hydrogens is 686 g/mol. The quantitative estimate of drug-likeness (QED) is 0.0942. The molecule has 1 saturated heterocycles. The van der Waals surface area contributed by atoms with Crippen molar-refractivity contribution in [3.05, 3.63) is 161 Å². The van der Waals surface area contributed by atoms with E-state index in [9.17, 15) is 9.59 Å². The lowest BCUT2D eigenvalue weighted by Gasteiger charge is -2.16. The number of rotatable bonds is 8. The third kappa shape index (κ3) is 13.5. The predicted octanol–water partition coefficient (Wildman–Crippen LogP) is 8.47. The number of halogens is 1. The van der Waals surface area contributed by atoms with Crippen LogP contribution in [0.2, 0.25) is 0 Å². The Balaban J connectivity index is 0.000000196. The van der Waals surface area contributed by atoms with Crippen LogP contribution in [0.3, 0.4) is 0 Å². The highest BCUT2D eigenvalue weighted by atomic mass is 35.5. The van der Waals surface area contributed by atoms with Gasteiger partial charge in [-0.25, -0.2) is 15.0 Å². The molecule has 53 heavy (non-hydrogen) atoms. The van der Waals surface area contributed by atoms with Crippen LogP contribution in [-0.4, -0.2) is 53.1 Å². The van der Waals surface area contributed by atoms with Gasteiger partial charge in [0, 0.05) is 55.2 Å². The lowest BCUT2D eigenvalue weighted by Crippen LogP contribution is -2.18. The second-order valence-electron chi connectivity index (χ2n) is 12.7. The van der Waals surface area contributed by atoms with Crippen molar-refractivity contribution in [1.82, 2.24) is 29.1 Å². The molecule has 10 nitrogen and oxygen atoms in total. The Hall–Kier alpha value is -5.63. The molecule has 1 aliphatic heterocycles. The van der Waals surface area contributed by atoms with Gasteiger partial charge in [0.25, 0.3) is 0 Å². The van der Waals surface area contributed by atoms with Crippen molar-refractivity contribution < 1.29 is 14.3 Å². The molecule has 0 saturated carbocycles. The molecule has 1 fully saturated rings. The van der Waals surface area contributed by atoms with Crippen LogP contribution in [0.25, 0.3) is 0 Å². The van der Waals surface area contributed by atoms with Gasteiger partial charge in [0.15, 0.2) is 11.6 Å². The highest BCUT2D eigenvalue weighted by Crippen LogP contribution is 2.42. The van der Waals surface area contributed by atoms with Gasteiger partial charge in [0.2, 0.25) is 0 Å². The van der Waals surface area contributed by atoms with Crippen LogP contribution in [0.4, 0.5) is 0 Å². The number of aryl methyl sites for hydroxylation is 6. The van der Waals surface area contributed by atoms with Crippen LogP contribution in [0, 0.1) is 52.9 Å². The number of nitriles is 1. The molecule has 6 aromatic rings. The number of ketones is 2. The van der Waals surface area contributed by atoms with Gasteiger partial charge < -0.3 is 18.9 Å². The average Bonchev–Trinajstić information content (AvgIpc) is 3.63. The number of H-pyrrole nitrogens is 1. The first-order valence-corrected chi connectivity index (χ1v) is 17.6. The van der Waals surface area contributed by atoms with E-state index in [0.717, 1.165) is 35.4 Å². The van der Waals surface area contributed by atoms with Gasteiger partial charge in [-0.15, -0.1) is 11.6 Å². The van der Waals surface area contributed by atoms with Crippen LogP contribution < -0.4 is 0 Å². The number of ether oxygens (including phenoxy) is 1. The van der Waals surface area contributed by atoms with E-state index in [-0.39, 0.29) is 23.0 Å². The number of aromatic amines is 1. The largest absolute Gasteiger partial charge is 0.363 e. The fourth-order valence-electron chi connectivity index (χ4n) is 5.59. The van der Waals surface area contributed by atoms with Gasteiger partial charge in [-0.05, 0) is 63.8 Å². The molecule has 3 aromatic carbocycles. The first-order valence-electron chi connectivity index (χ1n) is 17.1. The Bertz CT molecular complexity index is 2030. The molecular formula is C42H48ClN7O3. The lowest BCUT2D eigenvalue weighted by molar-refractivity contribution is 0.0970. The van der Waals surface area contributed by atoms with E-state index in [4.69, 9.17) is 21.6 Å². The van der Waals surface area contributed by atoms with E-state index in [1.807, 2.05) is 76.6 Å². The summed E-state index contributed by atoms with van der Waals surface area (Å²) in [6, 6.07) is 19.9. The lowest BCUT2D eigenvalue weighted by atomic mass is 9.94. The number of nitrogens with zero attached hydrogens (tertiary/aromatic N) is 6. The molecule has 11 heteroatoms. The third-order valence-electron chi connectivity index (χ3n) is 8.14. The maximum atomic E-state index is 12.0. The molecule has 4 heterocycles. The van der Waals surface area contributed by atoms with Gasteiger partial charge in [0.1, 0.15) is 5.60 Å². The Morgan fingerprint density at radius 3 is 1.70 bits per heavy atom. The highest BCUT2D eigenvalue weighted by Gasteiger charge is 2.47. The SMILES string of the molecule is CC#N.Cc1ccc(C(=O)CCl)c(C)c1.Cc1ccc(C(=O)Cn2ccnc2)c(C)c1.Cc1ccc(C2(Cn3ccnc3)CO2)c(C)c1.c1c[nH]cn1. The second-order valence-corrected chi connectivity index (χ2v) is 12.9. The van der Waals surface area contributed by atoms with Gasteiger partial charge >= 0.3 is 0 Å². The summed E-state index contributed by atoms with van der Waals surface area (Å²) < 4.78 is 9.58. The summed E-state index contributed by atoms with van der Waals surface area (Å²) in [4.78, 5) is 37.6. The van der Waals surface area contributed by atoms with E-state index in [1.54, 1.807) is 54.3 Å². The Labute approximate surface area is 317 Å². The number of aromatic nitrogens is 6. The fourth-order valence-corrected chi connectivity index (χ4v) is 5.73. The van der Waals surface area contributed by atoms with Crippen molar-refractivity contribution in [3.63, 3.8) is 0 Å². The summed E-state index contributed by atoms with van der Waals surface area (Å²) in [5.74, 6) is 0.175. The Kier molecular flexibility index (Phi) is 16.6. The normalized spacial score (nSPS) is 13.6. The summed E-state index contributed by atoms with van der Waals surface area (Å²) in [5.41, 5.74) is 9.68. The molecule has 1 unspecified atom stereocenters. The number of alkyl halides is 1. The Morgan fingerprint density at radius 1 is 0.792 bits per heavy atom. The van der Waals surface area contributed by atoms with Crippen molar-refractivity contribution in [2.45, 2.75) is 67.2 Å². The van der Waals surface area contributed by atoms with Crippen molar-refractivity contribution in [2.24, 2.45) is 0 Å². The summed E-state index contributed by atoms with van der Waals surface area (Å²) in [7, 11) is 0. The number of carbonyl (C=O) groups excluding carboxylic acids is 2. The minimum atomic E-state index is -0.127. The summed E-state index contributed by atoms with van der Waals surface area (Å²) in [5, 5.41) is 7.32. The van der Waals surface area contributed by atoms with E-state index in [1.165, 1.54) is 34.7 Å². The maximum absolute atomic E-state index is 12.0. The standard InChI is InChI=1S/C14H16N2O.C13H14N2O.C10H11ClO.C3H4N2.C2H3N/c1-11-3-4-13(12(2)7-11)14(9-17-14)8-16-6-5-15-10-16;1-10-3-4-12(11(2)7-10)13(16)8-15-6-5-14-9-15;1-7-3-4-9(8(2)5-7)10(12)6-11;1-2-5-3-4-1;1-2-3/h3-7,10H,8-9H2,1-2H3;3-7,9H,8H2,1-2H3;3-5H,6H2,1-2H3;1-3H,(H,4,5);1H3. The Morgan fingerprint density at radius 2 is 1.30 bits per heavy atom. The number of hydrogen-bond acceptors (Lipinski definition) is 7. The van der Waals surface area contributed by atoms with Crippen molar-refractivity contribution in [3.8, 4) is 6.07 Å². The van der Waals surface area contributed by atoms with E-state index in [2.05, 4.69) is 56.5 Å². The minimum Gasteiger partial charge on any atom is -0.363 e. The maximum Gasteiger partial charge on any atom is 0.182 e. The number of hydrogen-bond donors (Lipinski definition) is 1. The first-order chi connectivity index (χ1) is 25.4. The zero-order valence-electron chi connectivity index (χ0n) is 31.5. The zero-order valence-corrected chi connectivity index (χ0v) is 32.3.